The van der Waals surface area contributed by atoms with Crippen LogP contribution in [0.25, 0.3) is 0 Å². The molecule has 0 amide bonds. The highest BCUT2D eigenvalue weighted by atomic mass is 19.3. The Morgan fingerprint density at radius 2 is 2.00 bits per heavy atom. The predicted octanol–water partition coefficient (Wildman–Crippen LogP) is 2.38. The summed E-state index contributed by atoms with van der Waals surface area (Å²) in [5.41, 5.74) is 0. The van der Waals surface area contributed by atoms with Gasteiger partial charge in [0.25, 0.3) is 0 Å². The van der Waals surface area contributed by atoms with Gasteiger partial charge in [0.05, 0.1) is 0 Å². The first-order valence-corrected chi connectivity index (χ1v) is 2.61. The van der Waals surface area contributed by atoms with E-state index in [-0.39, 0.29) is 0 Å². The molecule has 56 valence electrons. The van der Waals surface area contributed by atoms with Crippen molar-refractivity contribution in [1.82, 2.24) is 0 Å². The molecule has 0 bridgehead atoms. The van der Waals surface area contributed by atoms with E-state index in [4.69, 9.17) is 0 Å². The second kappa shape index (κ2) is 2.11. The molecule has 1 aliphatic carbocycles. The Bertz CT molecular complexity index is 192. The Balaban J connectivity index is 2.89. The van der Waals surface area contributed by atoms with E-state index in [2.05, 4.69) is 0 Å². The van der Waals surface area contributed by atoms with Gasteiger partial charge in [0, 0.05) is 0 Å². The Kier molecular flexibility index (Phi) is 1.54. The predicted molar refractivity (Wildman–Crippen MR) is 28.2 cm³/mol. The van der Waals surface area contributed by atoms with Crippen LogP contribution < -0.4 is 0 Å². The summed E-state index contributed by atoms with van der Waals surface area (Å²) in [6.07, 6.45) is -0.994. The van der Waals surface area contributed by atoms with Crippen molar-refractivity contribution in [2.24, 2.45) is 0 Å². The molecular weight excluding hydrogens is 148 g/mol. The number of hydrogen-bond acceptors (Lipinski definition) is 0. The van der Waals surface area contributed by atoms with Crippen LogP contribution in [-0.4, -0.2) is 12.1 Å². The quantitative estimate of drug-likeness (QED) is 0.467. The third-order valence-electron chi connectivity index (χ3n) is 1.15. The summed E-state index contributed by atoms with van der Waals surface area (Å²) < 4.78 is 48.3. The van der Waals surface area contributed by atoms with Gasteiger partial charge in [-0.2, -0.15) is 8.78 Å². The number of halogens is 4. The van der Waals surface area contributed by atoms with Crippen molar-refractivity contribution in [3.63, 3.8) is 0 Å². The molecule has 0 aromatic heterocycles. The minimum Gasteiger partial charge on any atom is -0.233 e. The molecule has 0 saturated carbocycles. The minimum atomic E-state index is -3.68. The van der Waals surface area contributed by atoms with Gasteiger partial charge in [-0.15, -0.1) is 0 Å². The fourth-order valence-electron chi connectivity index (χ4n) is 0.621. The number of alkyl halides is 3. The number of hydrogen-bond donors (Lipinski definition) is 0. The van der Waals surface area contributed by atoms with Crippen molar-refractivity contribution < 1.29 is 17.6 Å². The van der Waals surface area contributed by atoms with Gasteiger partial charge >= 0.3 is 5.92 Å². The molecule has 0 saturated heterocycles. The van der Waals surface area contributed by atoms with Gasteiger partial charge in [0.1, 0.15) is 5.83 Å². The van der Waals surface area contributed by atoms with E-state index >= 15 is 0 Å². The Hall–Kier alpha value is -0.800. The molecule has 10 heavy (non-hydrogen) atoms. The third-order valence-corrected chi connectivity index (χ3v) is 1.15. The molecule has 0 nitrogen and oxygen atoms in total. The van der Waals surface area contributed by atoms with Crippen molar-refractivity contribution in [2.45, 2.75) is 12.1 Å². The van der Waals surface area contributed by atoms with Crippen LogP contribution in [0, 0.1) is 0 Å². The van der Waals surface area contributed by atoms with E-state index in [0.717, 1.165) is 6.08 Å². The number of rotatable bonds is 0. The molecule has 0 aliphatic heterocycles. The molecule has 0 fully saturated rings. The lowest BCUT2D eigenvalue weighted by Crippen LogP contribution is -2.29. The summed E-state index contributed by atoms with van der Waals surface area (Å²) >= 11 is 0. The van der Waals surface area contributed by atoms with Gasteiger partial charge < -0.3 is 0 Å². The van der Waals surface area contributed by atoms with Crippen molar-refractivity contribution >= 4 is 0 Å². The van der Waals surface area contributed by atoms with Crippen LogP contribution in [0.3, 0.4) is 0 Å². The molecule has 0 aromatic carbocycles. The van der Waals surface area contributed by atoms with E-state index in [1.807, 2.05) is 0 Å². The van der Waals surface area contributed by atoms with Gasteiger partial charge in [-0.05, 0) is 12.2 Å². The zero-order chi connectivity index (χ0) is 7.78. The zero-order valence-electron chi connectivity index (χ0n) is 4.82. The lowest BCUT2D eigenvalue weighted by atomic mass is 10.1. The summed E-state index contributed by atoms with van der Waals surface area (Å²) in [5.74, 6) is -5.11. The molecule has 0 N–H and O–H groups in total. The molecule has 4 heteroatoms. The van der Waals surface area contributed by atoms with Gasteiger partial charge in [-0.1, -0.05) is 6.08 Å². The van der Waals surface area contributed by atoms with Gasteiger partial charge in [-0.25, -0.2) is 8.78 Å². The monoisotopic (exact) mass is 152 g/mol. The van der Waals surface area contributed by atoms with Crippen LogP contribution in [0.5, 0.6) is 0 Å². The van der Waals surface area contributed by atoms with Crippen molar-refractivity contribution in [3.05, 3.63) is 24.1 Å². The summed E-state index contributed by atoms with van der Waals surface area (Å²) in [6.45, 7) is 0. The average molecular weight is 152 g/mol. The van der Waals surface area contributed by atoms with Crippen LogP contribution in [0.1, 0.15) is 0 Å². The lowest BCUT2D eigenvalue weighted by Gasteiger charge is -2.17. The minimum absolute atomic E-state index is 0.334. The first kappa shape index (κ1) is 7.31. The first-order chi connectivity index (χ1) is 4.54. The molecule has 1 rings (SSSR count). The van der Waals surface area contributed by atoms with Crippen LogP contribution >= 0.6 is 0 Å². The van der Waals surface area contributed by atoms with Crippen LogP contribution in [0.15, 0.2) is 24.1 Å². The van der Waals surface area contributed by atoms with Crippen LogP contribution in [-0.2, 0) is 0 Å². The fourth-order valence-corrected chi connectivity index (χ4v) is 0.621. The highest BCUT2D eigenvalue weighted by Gasteiger charge is 2.41. The lowest BCUT2D eigenvalue weighted by molar-refractivity contribution is -0.0211. The Morgan fingerprint density at radius 3 is 2.40 bits per heavy atom. The molecule has 1 unspecified atom stereocenters. The largest absolute Gasteiger partial charge is 0.303 e. The topological polar surface area (TPSA) is 0 Å². The SMILES string of the molecule is FC1=CC=CC(F)(F)C1F. The molecule has 0 radical (unpaired) electrons. The van der Waals surface area contributed by atoms with E-state index in [9.17, 15) is 17.6 Å². The Labute approximate surface area is 54.8 Å². The van der Waals surface area contributed by atoms with Crippen LogP contribution in [0.2, 0.25) is 0 Å². The average Bonchev–Trinajstić information content (AvgIpc) is 1.83. The van der Waals surface area contributed by atoms with E-state index in [1.165, 1.54) is 0 Å². The number of allylic oxidation sites excluding steroid dienone is 4. The van der Waals surface area contributed by atoms with E-state index in [0.29, 0.717) is 12.2 Å². The van der Waals surface area contributed by atoms with Gasteiger partial charge in [0.15, 0.2) is 0 Å². The zero-order valence-corrected chi connectivity index (χ0v) is 4.82. The molecule has 0 heterocycles. The summed E-state index contributed by atoms with van der Waals surface area (Å²) in [7, 11) is 0. The normalized spacial score (nSPS) is 30.0. The first-order valence-electron chi connectivity index (χ1n) is 2.61. The standard InChI is InChI=1S/C6H4F4/c7-4-2-1-3-6(9,10)5(4)8/h1-3,5H. The molecule has 0 spiro atoms. The maximum Gasteiger partial charge on any atom is 0.303 e. The molecular formula is C6H4F4. The van der Waals surface area contributed by atoms with Crippen molar-refractivity contribution in [1.29, 1.82) is 0 Å². The van der Waals surface area contributed by atoms with Crippen molar-refractivity contribution in [2.75, 3.05) is 0 Å². The van der Waals surface area contributed by atoms with Gasteiger partial charge in [-0.3, -0.25) is 0 Å². The summed E-state index contributed by atoms with van der Waals surface area (Å²) in [6, 6.07) is 0. The second-order valence-electron chi connectivity index (χ2n) is 1.95. The van der Waals surface area contributed by atoms with E-state index < -0.39 is 17.9 Å². The highest BCUT2D eigenvalue weighted by Crippen LogP contribution is 2.31. The van der Waals surface area contributed by atoms with E-state index in [1.54, 1.807) is 0 Å². The van der Waals surface area contributed by atoms with Crippen LogP contribution in [0.4, 0.5) is 17.6 Å². The molecule has 0 aromatic rings. The summed E-state index contributed by atoms with van der Waals surface area (Å²) in [5, 5.41) is 0. The smallest absolute Gasteiger partial charge is 0.233 e. The molecule has 1 aliphatic rings. The fraction of sp³-hybridized carbons (Fsp3) is 0.333. The van der Waals surface area contributed by atoms with Crippen molar-refractivity contribution in [3.8, 4) is 0 Å². The maximum atomic E-state index is 12.1. The highest BCUT2D eigenvalue weighted by molar-refractivity contribution is 5.23. The maximum absolute atomic E-state index is 12.1. The second-order valence-corrected chi connectivity index (χ2v) is 1.95. The molecule has 1 atom stereocenters. The third kappa shape index (κ3) is 1.05. The Morgan fingerprint density at radius 1 is 1.40 bits per heavy atom. The summed E-state index contributed by atoms with van der Waals surface area (Å²) in [4.78, 5) is 0. The van der Waals surface area contributed by atoms with Gasteiger partial charge in [0.2, 0.25) is 6.17 Å².